The van der Waals surface area contributed by atoms with Crippen LogP contribution in [0.3, 0.4) is 0 Å². The molecule has 0 bridgehead atoms. The van der Waals surface area contributed by atoms with Gasteiger partial charge in [0.15, 0.2) is 5.82 Å². The van der Waals surface area contributed by atoms with E-state index in [1.165, 1.54) is 11.1 Å². The first-order valence-corrected chi connectivity index (χ1v) is 8.52. The normalized spacial score (nSPS) is 11.8. The van der Waals surface area contributed by atoms with Gasteiger partial charge in [-0.2, -0.15) is 10.1 Å². The fourth-order valence-electron chi connectivity index (χ4n) is 2.76. The molecule has 1 heterocycles. The summed E-state index contributed by atoms with van der Waals surface area (Å²) in [6.07, 6.45) is 1.66. The van der Waals surface area contributed by atoms with Gasteiger partial charge in [0, 0.05) is 18.3 Å². The zero-order valence-corrected chi connectivity index (χ0v) is 14.8. The Bertz CT molecular complexity index is 819. The van der Waals surface area contributed by atoms with E-state index < -0.39 is 0 Å². The van der Waals surface area contributed by atoms with Gasteiger partial charge >= 0.3 is 0 Å². The van der Waals surface area contributed by atoms with Crippen molar-refractivity contribution in [3.63, 3.8) is 0 Å². The van der Waals surface area contributed by atoms with Crippen LogP contribution in [0.15, 0.2) is 60.8 Å². The molecule has 0 radical (unpaired) electrons. The van der Waals surface area contributed by atoms with Crippen LogP contribution in [0, 0.1) is 6.92 Å². The predicted molar refractivity (Wildman–Crippen MR) is 102 cm³/mol. The Morgan fingerprint density at radius 2 is 1.88 bits per heavy atom. The van der Waals surface area contributed by atoms with E-state index in [9.17, 15) is 0 Å². The van der Waals surface area contributed by atoms with E-state index in [1.807, 2.05) is 24.3 Å². The molecule has 3 rings (SSSR count). The molecule has 3 aromatic rings. The number of nitrogens with zero attached hydrogens (tertiary/aromatic N) is 4. The summed E-state index contributed by atoms with van der Waals surface area (Å²) in [6.45, 7) is 7.03. The smallest absolute Gasteiger partial charge is 0.251 e. The summed E-state index contributed by atoms with van der Waals surface area (Å²) in [5.74, 6) is 1.31. The Balaban J connectivity index is 1.83. The minimum atomic E-state index is 0.139. The fourth-order valence-corrected chi connectivity index (χ4v) is 2.76. The Morgan fingerprint density at radius 3 is 2.60 bits per heavy atom. The number of benzene rings is 2. The predicted octanol–water partition coefficient (Wildman–Crippen LogP) is 4.51. The number of aryl methyl sites for hydroxylation is 1. The monoisotopic (exact) mass is 333 g/mol. The molecule has 1 N–H and O–H groups in total. The molecular weight excluding hydrogens is 310 g/mol. The average molecular weight is 333 g/mol. The molecular formula is C20H23N5. The maximum absolute atomic E-state index is 4.66. The molecule has 0 spiro atoms. The van der Waals surface area contributed by atoms with E-state index >= 15 is 0 Å². The van der Waals surface area contributed by atoms with Crippen molar-refractivity contribution in [1.29, 1.82) is 0 Å². The van der Waals surface area contributed by atoms with E-state index in [0.717, 1.165) is 12.2 Å². The highest BCUT2D eigenvalue weighted by Gasteiger charge is 2.13. The van der Waals surface area contributed by atoms with Gasteiger partial charge in [-0.05, 0) is 44.0 Å². The van der Waals surface area contributed by atoms with Crippen molar-refractivity contribution in [1.82, 2.24) is 15.2 Å². The fraction of sp³-hybridized carbons (Fsp3) is 0.250. The van der Waals surface area contributed by atoms with Gasteiger partial charge in [-0.1, -0.05) is 42.5 Å². The first-order valence-electron chi connectivity index (χ1n) is 8.52. The standard InChI is InChI=1S/C20H23N5/c1-4-25(18-12-8-9-15(2)13-18)20-23-19(14-21-24-20)22-16(3)17-10-6-5-7-11-17/h5-14,16H,4H2,1-3H3,(H,22,23,24). The molecule has 1 unspecified atom stereocenters. The molecule has 25 heavy (non-hydrogen) atoms. The van der Waals surface area contributed by atoms with E-state index in [0.29, 0.717) is 11.8 Å². The van der Waals surface area contributed by atoms with Gasteiger partial charge in [0.1, 0.15) is 0 Å². The van der Waals surface area contributed by atoms with Gasteiger partial charge in [-0.15, -0.1) is 5.10 Å². The van der Waals surface area contributed by atoms with Crippen molar-refractivity contribution in [2.24, 2.45) is 0 Å². The van der Waals surface area contributed by atoms with Crippen molar-refractivity contribution in [2.45, 2.75) is 26.8 Å². The van der Waals surface area contributed by atoms with E-state index in [1.54, 1.807) is 6.20 Å². The maximum atomic E-state index is 4.66. The molecule has 0 amide bonds. The third kappa shape index (κ3) is 4.12. The van der Waals surface area contributed by atoms with Crippen molar-refractivity contribution in [2.75, 3.05) is 16.8 Å². The number of rotatable bonds is 6. The molecule has 0 aliphatic heterocycles. The van der Waals surface area contributed by atoms with Crippen molar-refractivity contribution >= 4 is 17.5 Å². The molecule has 5 heteroatoms. The minimum Gasteiger partial charge on any atom is -0.362 e. The van der Waals surface area contributed by atoms with Crippen LogP contribution >= 0.6 is 0 Å². The van der Waals surface area contributed by atoms with Crippen molar-refractivity contribution < 1.29 is 0 Å². The second-order valence-corrected chi connectivity index (χ2v) is 6.00. The summed E-state index contributed by atoms with van der Waals surface area (Å²) in [5.41, 5.74) is 3.47. The van der Waals surface area contributed by atoms with Gasteiger partial charge in [0.2, 0.25) is 0 Å². The molecule has 1 aromatic heterocycles. The summed E-state index contributed by atoms with van der Waals surface area (Å²) in [6, 6.07) is 18.7. The summed E-state index contributed by atoms with van der Waals surface area (Å²) >= 11 is 0. The zero-order chi connectivity index (χ0) is 17.6. The second kappa shape index (κ2) is 7.75. The van der Waals surface area contributed by atoms with Crippen LogP contribution < -0.4 is 10.2 Å². The highest BCUT2D eigenvalue weighted by atomic mass is 15.3. The first kappa shape index (κ1) is 16.9. The third-order valence-corrected chi connectivity index (χ3v) is 4.08. The maximum Gasteiger partial charge on any atom is 0.251 e. The summed E-state index contributed by atoms with van der Waals surface area (Å²) in [5, 5.41) is 11.8. The molecule has 0 fully saturated rings. The Hall–Kier alpha value is -2.95. The van der Waals surface area contributed by atoms with Gasteiger partial charge in [-0.25, -0.2) is 0 Å². The van der Waals surface area contributed by atoms with E-state index in [2.05, 4.69) is 76.5 Å². The number of nitrogens with one attached hydrogen (secondary N) is 1. The topological polar surface area (TPSA) is 53.9 Å². The van der Waals surface area contributed by atoms with Gasteiger partial charge in [0.05, 0.1) is 6.20 Å². The molecule has 0 saturated heterocycles. The van der Waals surface area contributed by atoms with Gasteiger partial charge in [0.25, 0.3) is 5.95 Å². The quantitative estimate of drug-likeness (QED) is 0.719. The lowest BCUT2D eigenvalue weighted by Gasteiger charge is -2.22. The number of hydrogen-bond acceptors (Lipinski definition) is 5. The lowest BCUT2D eigenvalue weighted by atomic mass is 10.1. The number of anilines is 3. The van der Waals surface area contributed by atoms with Crippen LogP contribution in [0.25, 0.3) is 0 Å². The number of aromatic nitrogens is 3. The van der Waals surface area contributed by atoms with Gasteiger partial charge in [-0.3, -0.25) is 0 Å². The molecule has 1 atom stereocenters. The van der Waals surface area contributed by atoms with Crippen LogP contribution in [0.1, 0.15) is 31.0 Å². The van der Waals surface area contributed by atoms with E-state index in [4.69, 9.17) is 0 Å². The second-order valence-electron chi connectivity index (χ2n) is 6.00. The molecule has 0 aliphatic carbocycles. The Morgan fingerprint density at radius 1 is 1.08 bits per heavy atom. The molecule has 0 aliphatic rings. The van der Waals surface area contributed by atoms with E-state index in [-0.39, 0.29) is 6.04 Å². The SMILES string of the molecule is CCN(c1cccc(C)c1)c1nncc(NC(C)c2ccccc2)n1. The van der Waals surface area contributed by atoms with Crippen LogP contribution in [-0.4, -0.2) is 21.7 Å². The van der Waals surface area contributed by atoms with Crippen LogP contribution in [0.5, 0.6) is 0 Å². The minimum absolute atomic E-state index is 0.139. The summed E-state index contributed by atoms with van der Waals surface area (Å²) < 4.78 is 0. The average Bonchev–Trinajstić information content (AvgIpc) is 2.63. The highest BCUT2D eigenvalue weighted by Crippen LogP contribution is 2.24. The van der Waals surface area contributed by atoms with Gasteiger partial charge < -0.3 is 10.2 Å². The van der Waals surface area contributed by atoms with Crippen LogP contribution in [0.4, 0.5) is 17.5 Å². The molecule has 128 valence electrons. The lowest BCUT2D eigenvalue weighted by molar-refractivity contribution is 0.842. The summed E-state index contributed by atoms with van der Waals surface area (Å²) in [7, 11) is 0. The van der Waals surface area contributed by atoms with Crippen molar-refractivity contribution in [3.05, 3.63) is 71.9 Å². The largest absolute Gasteiger partial charge is 0.362 e. The lowest BCUT2D eigenvalue weighted by Crippen LogP contribution is -2.20. The molecule has 2 aromatic carbocycles. The van der Waals surface area contributed by atoms with Crippen LogP contribution in [0.2, 0.25) is 0 Å². The summed E-state index contributed by atoms with van der Waals surface area (Å²) in [4.78, 5) is 6.71. The first-order chi connectivity index (χ1) is 12.2. The highest BCUT2D eigenvalue weighted by molar-refractivity contribution is 5.58. The molecule has 0 saturated carbocycles. The number of hydrogen-bond donors (Lipinski definition) is 1. The van der Waals surface area contributed by atoms with Crippen LogP contribution in [-0.2, 0) is 0 Å². The van der Waals surface area contributed by atoms with Crippen molar-refractivity contribution in [3.8, 4) is 0 Å². The zero-order valence-electron chi connectivity index (χ0n) is 14.8. The Labute approximate surface area is 148 Å². The Kier molecular flexibility index (Phi) is 5.23. The molecule has 5 nitrogen and oxygen atoms in total. The third-order valence-electron chi connectivity index (χ3n) is 4.08.